The quantitative estimate of drug-likeness (QED) is 0.891. The standard InChI is InChI=1S/C13H21N3.ClH/c1-16(10-12-4-7-14-8-5-12)11-13-3-2-6-15-9-13;/h2-3,6,9,12,14H,4-5,7-8,10-11H2,1H3;1H. The third kappa shape index (κ3) is 5.02. The van der Waals surface area contributed by atoms with E-state index in [0.29, 0.717) is 0 Å². The molecule has 3 nitrogen and oxygen atoms in total. The second-order valence-electron chi connectivity index (χ2n) is 4.75. The maximum Gasteiger partial charge on any atom is 0.0312 e. The highest BCUT2D eigenvalue weighted by Crippen LogP contribution is 2.13. The first kappa shape index (κ1) is 14.4. The molecule has 0 aliphatic carbocycles. The van der Waals surface area contributed by atoms with Crippen LogP contribution in [0.1, 0.15) is 18.4 Å². The average molecular weight is 256 g/mol. The predicted molar refractivity (Wildman–Crippen MR) is 73.4 cm³/mol. The van der Waals surface area contributed by atoms with Crippen LogP contribution in [0, 0.1) is 5.92 Å². The first-order valence-corrected chi connectivity index (χ1v) is 6.13. The first-order valence-electron chi connectivity index (χ1n) is 6.13. The van der Waals surface area contributed by atoms with Gasteiger partial charge >= 0.3 is 0 Å². The highest BCUT2D eigenvalue weighted by molar-refractivity contribution is 5.85. The molecule has 0 atom stereocenters. The van der Waals surface area contributed by atoms with E-state index in [2.05, 4.69) is 28.3 Å². The van der Waals surface area contributed by atoms with Crippen molar-refractivity contribution in [3.05, 3.63) is 30.1 Å². The Labute approximate surface area is 110 Å². The Hall–Kier alpha value is -0.640. The molecule has 1 N–H and O–H groups in total. The van der Waals surface area contributed by atoms with Crippen LogP contribution in [0.5, 0.6) is 0 Å². The maximum atomic E-state index is 4.15. The van der Waals surface area contributed by atoms with Gasteiger partial charge in [0, 0.05) is 25.5 Å². The summed E-state index contributed by atoms with van der Waals surface area (Å²) in [6.07, 6.45) is 6.42. The first-order chi connectivity index (χ1) is 7.84. The van der Waals surface area contributed by atoms with E-state index in [1.807, 2.05) is 18.5 Å². The SMILES string of the molecule is CN(Cc1cccnc1)CC1CCNCC1.Cl. The normalized spacial score (nSPS) is 16.8. The zero-order valence-corrected chi connectivity index (χ0v) is 11.2. The van der Waals surface area contributed by atoms with E-state index in [9.17, 15) is 0 Å². The number of aromatic nitrogens is 1. The minimum Gasteiger partial charge on any atom is -0.317 e. The fraction of sp³-hybridized carbons (Fsp3) is 0.615. The summed E-state index contributed by atoms with van der Waals surface area (Å²) in [6, 6.07) is 4.15. The summed E-state index contributed by atoms with van der Waals surface area (Å²) in [7, 11) is 2.20. The van der Waals surface area contributed by atoms with Crippen molar-refractivity contribution >= 4 is 12.4 Å². The van der Waals surface area contributed by atoms with Crippen molar-refractivity contribution in [2.24, 2.45) is 5.92 Å². The highest BCUT2D eigenvalue weighted by Gasteiger charge is 2.14. The van der Waals surface area contributed by atoms with Gasteiger partial charge in [-0.15, -0.1) is 12.4 Å². The van der Waals surface area contributed by atoms with Crippen molar-refractivity contribution in [1.82, 2.24) is 15.2 Å². The molecule has 1 aliphatic heterocycles. The van der Waals surface area contributed by atoms with Gasteiger partial charge in [-0.1, -0.05) is 6.07 Å². The third-order valence-corrected chi connectivity index (χ3v) is 3.20. The summed E-state index contributed by atoms with van der Waals surface area (Å²) < 4.78 is 0. The van der Waals surface area contributed by atoms with Crippen LogP contribution in [0.25, 0.3) is 0 Å². The molecule has 2 heterocycles. The van der Waals surface area contributed by atoms with E-state index >= 15 is 0 Å². The molecule has 1 aliphatic rings. The van der Waals surface area contributed by atoms with Gasteiger partial charge in [0.25, 0.3) is 0 Å². The smallest absolute Gasteiger partial charge is 0.0312 e. The van der Waals surface area contributed by atoms with Gasteiger partial charge in [-0.05, 0) is 50.5 Å². The zero-order chi connectivity index (χ0) is 11.2. The molecule has 17 heavy (non-hydrogen) atoms. The molecular weight excluding hydrogens is 234 g/mol. The van der Waals surface area contributed by atoms with Gasteiger partial charge in [-0.3, -0.25) is 4.98 Å². The Kier molecular flexibility index (Phi) is 6.48. The Morgan fingerprint density at radius 1 is 1.41 bits per heavy atom. The van der Waals surface area contributed by atoms with Crippen molar-refractivity contribution in [2.75, 3.05) is 26.7 Å². The van der Waals surface area contributed by atoms with Gasteiger partial charge in [0.2, 0.25) is 0 Å². The molecular formula is C13H22ClN3. The zero-order valence-electron chi connectivity index (χ0n) is 10.4. The number of hydrogen-bond donors (Lipinski definition) is 1. The molecule has 0 bridgehead atoms. The molecule has 0 amide bonds. The molecule has 0 unspecified atom stereocenters. The number of piperidine rings is 1. The second kappa shape index (κ2) is 7.64. The maximum absolute atomic E-state index is 4.15. The lowest BCUT2D eigenvalue weighted by atomic mass is 9.97. The molecule has 0 aromatic carbocycles. The molecule has 0 saturated carbocycles. The summed E-state index contributed by atoms with van der Waals surface area (Å²) in [5, 5.41) is 3.41. The number of pyridine rings is 1. The minimum absolute atomic E-state index is 0. The monoisotopic (exact) mass is 255 g/mol. The lowest BCUT2D eigenvalue weighted by Gasteiger charge is -2.27. The molecule has 1 fully saturated rings. The summed E-state index contributed by atoms with van der Waals surface area (Å²) in [4.78, 5) is 6.56. The summed E-state index contributed by atoms with van der Waals surface area (Å²) in [6.45, 7) is 4.59. The Balaban J connectivity index is 0.00000144. The average Bonchev–Trinajstić information content (AvgIpc) is 2.31. The van der Waals surface area contributed by atoms with E-state index < -0.39 is 0 Å². The van der Waals surface area contributed by atoms with Gasteiger partial charge in [0.1, 0.15) is 0 Å². The van der Waals surface area contributed by atoms with Crippen LogP contribution >= 0.6 is 12.4 Å². The van der Waals surface area contributed by atoms with E-state index in [0.717, 1.165) is 12.5 Å². The van der Waals surface area contributed by atoms with Crippen molar-refractivity contribution in [3.8, 4) is 0 Å². The Morgan fingerprint density at radius 3 is 2.82 bits per heavy atom. The molecule has 1 saturated heterocycles. The number of nitrogens with zero attached hydrogens (tertiary/aromatic N) is 2. The highest BCUT2D eigenvalue weighted by atomic mass is 35.5. The topological polar surface area (TPSA) is 28.2 Å². The van der Waals surface area contributed by atoms with Crippen molar-refractivity contribution in [1.29, 1.82) is 0 Å². The summed E-state index contributed by atoms with van der Waals surface area (Å²) in [5.74, 6) is 0.864. The molecule has 0 radical (unpaired) electrons. The van der Waals surface area contributed by atoms with Gasteiger partial charge in [0.15, 0.2) is 0 Å². The van der Waals surface area contributed by atoms with Crippen LogP contribution in [-0.4, -0.2) is 36.6 Å². The van der Waals surface area contributed by atoms with Crippen LogP contribution < -0.4 is 5.32 Å². The summed E-state index contributed by atoms with van der Waals surface area (Å²) in [5.41, 5.74) is 1.30. The van der Waals surface area contributed by atoms with Crippen LogP contribution in [0.4, 0.5) is 0 Å². The molecule has 96 valence electrons. The fourth-order valence-corrected chi connectivity index (χ4v) is 2.37. The van der Waals surface area contributed by atoms with Crippen molar-refractivity contribution in [2.45, 2.75) is 19.4 Å². The largest absolute Gasteiger partial charge is 0.317 e. The number of halogens is 1. The molecule has 4 heteroatoms. The van der Waals surface area contributed by atoms with Gasteiger partial charge in [0.05, 0.1) is 0 Å². The van der Waals surface area contributed by atoms with E-state index in [-0.39, 0.29) is 12.4 Å². The molecule has 2 rings (SSSR count). The van der Waals surface area contributed by atoms with E-state index in [1.165, 1.54) is 38.0 Å². The lowest BCUT2D eigenvalue weighted by molar-refractivity contribution is 0.234. The predicted octanol–water partition coefficient (Wildman–Crippen LogP) is 1.93. The van der Waals surface area contributed by atoms with Crippen molar-refractivity contribution < 1.29 is 0 Å². The molecule has 0 spiro atoms. The van der Waals surface area contributed by atoms with E-state index in [1.54, 1.807) is 0 Å². The fourth-order valence-electron chi connectivity index (χ4n) is 2.37. The molecule has 1 aromatic rings. The second-order valence-corrected chi connectivity index (χ2v) is 4.75. The van der Waals surface area contributed by atoms with Crippen LogP contribution in [0.3, 0.4) is 0 Å². The van der Waals surface area contributed by atoms with E-state index in [4.69, 9.17) is 0 Å². The van der Waals surface area contributed by atoms with Gasteiger partial charge in [-0.25, -0.2) is 0 Å². The minimum atomic E-state index is 0. The van der Waals surface area contributed by atoms with Crippen LogP contribution in [0.15, 0.2) is 24.5 Å². The number of nitrogens with one attached hydrogen (secondary N) is 1. The molecule has 1 aromatic heterocycles. The van der Waals surface area contributed by atoms with Crippen LogP contribution in [0.2, 0.25) is 0 Å². The third-order valence-electron chi connectivity index (χ3n) is 3.20. The lowest BCUT2D eigenvalue weighted by Crippen LogP contribution is -2.34. The Morgan fingerprint density at radius 2 is 2.18 bits per heavy atom. The number of rotatable bonds is 4. The van der Waals surface area contributed by atoms with Gasteiger partial charge in [-0.2, -0.15) is 0 Å². The van der Waals surface area contributed by atoms with Gasteiger partial charge < -0.3 is 10.2 Å². The summed E-state index contributed by atoms with van der Waals surface area (Å²) >= 11 is 0. The number of hydrogen-bond acceptors (Lipinski definition) is 3. The van der Waals surface area contributed by atoms with Crippen LogP contribution in [-0.2, 0) is 6.54 Å². The van der Waals surface area contributed by atoms with Crippen molar-refractivity contribution in [3.63, 3.8) is 0 Å². The Bertz CT molecular complexity index is 299.